The Morgan fingerprint density at radius 3 is 0.963 bits per heavy atom. The van der Waals surface area contributed by atoms with Crippen molar-refractivity contribution in [2.75, 3.05) is 40.9 Å². The third-order valence-corrected chi connectivity index (χ3v) is 18.0. The van der Waals surface area contributed by atoms with Crippen LogP contribution in [0.25, 0.3) is 0 Å². The summed E-state index contributed by atoms with van der Waals surface area (Å²) in [5.74, 6) is -0.135. The molecule has 9 heteroatoms. The zero-order valence-electron chi connectivity index (χ0n) is 54.9. The van der Waals surface area contributed by atoms with Crippen molar-refractivity contribution in [1.29, 1.82) is 0 Å². The third kappa shape index (κ3) is 64.8. The summed E-state index contributed by atoms with van der Waals surface area (Å²) in [5, 5.41) is 14.1. The molecule has 0 aromatic carbocycles. The first-order valence-electron chi connectivity index (χ1n) is 36.1. The van der Waals surface area contributed by atoms with Crippen LogP contribution in [0.4, 0.5) is 0 Å². The predicted octanol–water partition coefficient (Wildman–Crippen LogP) is 22.9. The highest BCUT2D eigenvalue weighted by molar-refractivity contribution is 7.47. The molecule has 0 heterocycles. The summed E-state index contributed by atoms with van der Waals surface area (Å²) >= 11 is 0. The topological polar surface area (TPSA) is 105 Å². The van der Waals surface area contributed by atoms with Crippen LogP contribution >= 0.6 is 7.82 Å². The van der Waals surface area contributed by atoms with E-state index in [4.69, 9.17) is 9.05 Å². The predicted molar refractivity (Wildman–Crippen MR) is 351 cm³/mol. The van der Waals surface area contributed by atoms with Crippen molar-refractivity contribution in [3.05, 3.63) is 12.2 Å². The van der Waals surface area contributed by atoms with Gasteiger partial charge in [0.25, 0.3) is 0 Å². The summed E-state index contributed by atoms with van der Waals surface area (Å²) in [6.07, 6.45) is 80.5. The summed E-state index contributed by atoms with van der Waals surface area (Å²) in [6.45, 7) is 4.96. The number of rotatable bonds is 68. The van der Waals surface area contributed by atoms with Crippen LogP contribution in [0, 0.1) is 0 Å². The van der Waals surface area contributed by atoms with Crippen LogP contribution < -0.4 is 5.32 Å². The maximum atomic E-state index is 13.1. The lowest BCUT2D eigenvalue weighted by Gasteiger charge is -2.26. The second kappa shape index (κ2) is 62.8. The van der Waals surface area contributed by atoms with E-state index in [0.29, 0.717) is 23.9 Å². The van der Waals surface area contributed by atoms with Crippen LogP contribution in [-0.2, 0) is 18.4 Å². The van der Waals surface area contributed by atoms with E-state index in [1.165, 1.54) is 321 Å². The van der Waals surface area contributed by atoms with Crippen LogP contribution in [0.1, 0.15) is 386 Å². The zero-order chi connectivity index (χ0) is 58.4. The first-order valence-corrected chi connectivity index (χ1v) is 37.5. The van der Waals surface area contributed by atoms with Gasteiger partial charge >= 0.3 is 7.82 Å². The average Bonchev–Trinajstić information content (AvgIpc) is 3.42. The molecule has 0 spiro atoms. The van der Waals surface area contributed by atoms with Crippen LogP contribution in [0.5, 0.6) is 0 Å². The van der Waals surface area contributed by atoms with Gasteiger partial charge in [0, 0.05) is 6.42 Å². The van der Waals surface area contributed by atoms with Gasteiger partial charge < -0.3 is 19.8 Å². The molecule has 0 saturated carbocycles. The van der Waals surface area contributed by atoms with Gasteiger partial charge in [-0.1, -0.05) is 353 Å². The fourth-order valence-corrected chi connectivity index (χ4v) is 12.1. The van der Waals surface area contributed by atoms with Crippen LogP contribution in [0.15, 0.2) is 12.2 Å². The average molecular weight is 1150 g/mol. The van der Waals surface area contributed by atoms with E-state index in [1.54, 1.807) is 0 Å². The maximum Gasteiger partial charge on any atom is 0.472 e. The van der Waals surface area contributed by atoms with Gasteiger partial charge in [-0.2, -0.15) is 0 Å². The molecule has 0 bridgehead atoms. The van der Waals surface area contributed by atoms with Crippen molar-refractivity contribution in [1.82, 2.24) is 5.32 Å². The van der Waals surface area contributed by atoms with Gasteiger partial charge in [0.15, 0.2) is 0 Å². The largest absolute Gasteiger partial charge is 0.472 e. The first-order chi connectivity index (χ1) is 39.0. The minimum atomic E-state index is -4.32. The van der Waals surface area contributed by atoms with Gasteiger partial charge in [0.05, 0.1) is 39.9 Å². The van der Waals surface area contributed by atoms with Crippen LogP contribution in [-0.4, -0.2) is 73.4 Å². The number of carbonyl (C=O) groups excluding carboxylic acids is 1. The SMILES string of the molecule is CCCCCCCCCCCCCCCCCCCC/C=C\CCCCCCCCCCCCCCCCCCCC(=O)NC(COP(=O)(O)OCC[N+](C)(C)C)C(O)CCCCCCCCCCCCCCCCCCCCC. The first kappa shape index (κ1) is 79.2. The fourth-order valence-electron chi connectivity index (χ4n) is 11.4. The number of hydrogen-bond acceptors (Lipinski definition) is 5. The lowest BCUT2D eigenvalue weighted by atomic mass is 10.0. The second-order valence-electron chi connectivity index (χ2n) is 26.3. The lowest BCUT2D eigenvalue weighted by Crippen LogP contribution is -2.46. The molecule has 0 aromatic rings. The van der Waals surface area contributed by atoms with Gasteiger partial charge in [0.1, 0.15) is 13.2 Å². The summed E-state index contributed by atoms with van der Waals surface area (Å²) in [6, 6.07) is -0.758. The number of carbonyl (C=O) groups is 1. The zero-order valence-corrected chi connectivity index (χ0v) is 55.8. The smallest absolute Gasteiger partial charge is 0.391 e. The van der Waals surface area contributed by atoms with Crippen molar-refractivity contribution in [3.8, 4) is 0 Å². The summed E-state index contributed by atoms with van der Waals surface area (Å²) in [4.78, 5) is 23.4. The molecule has 0 aliphatic heterocycles. The quantitative estimate of drug-likeness (QED) is 0.0243. The Morgan fingerprint density at radius 2 is 0.675 bits per heavy atom. The molecule has 0 saturated heterocycles. The van der Waals surface area contributed by atoms with Crippen molar-refractivity contribution >= 4 is 13.7 Å². The number of phosphoric ester groups is 1. The van der Waals surface area contributed by atoms with Crippen LogP contribution in [0.2, 0.25) is 0 Å². The van der Waals surface area contributed by atoms with E-state index >= 15 is 0 Å². The number of aliphatic hydroxyl groups excluding tert-OH is 1. The molecule has 0 aromatic heterocycles. The third-order valence-electron chi connectivity index (χ3n) is 17.0. The van der Waals surface area contributed by atoms with E-state index < -0.39 is 20.0 Å². The number of likely N-dealkylation sites (N-methyl/N-ethyl adjacent to an activating group) is 1. The van der Waals surface area contributed by atoms with E-state index in [1.807, 2.05) is 21.1 Å². The number of allylic oxidation sites excluding steroid dienone is 2. The van der Waals surface area contributed by atoms with E-state index in [-0.39, 0.29) is 19.1 Å². The molecule has 0 aliphatic carbocycles. The Bertz CT molecular complexity index is 1310. The summed E-state index contributed by atoms with van der Waals surface area (Å²) < 4.78 is 23.9. The molecule has 0 radical (unpaired) electrons. The molecule has 0 aliphatic rings. The number of phosphoric acid groups is 1. The highest BCUT2D eigenvalue weighted by Gasteiger charge is 2.28. The highest BCUT2D eigenvalue weighted by Crippen LogP contribution is 2.43. The van der Waals surface area contributed by atoms with Crippen molar-refractivity contribution in [3.63, 3.8) is 0 Å². The highest BCUT2D eigenvalue weighted by atomic mass is 31.2. The Labute approximate surface area is 501 Å². The molecular weight excluding hydrogens is 1010 g/mol. The molecule has 8 nitrogen and oxygen atoms in total. The number of nitrogens with zero attached hydrogens (tertiary/aromatic N) is 1. The number of amides is 1. The number of nitrogens with one attached hydrogen (secondary N) is 1. The molecule has 3 unspecified atom stereocenters. The number of hydrogen-bond donors (Lipinski definition) is 3. The Balaban J connectivity index is 3.88. The standard InChI is InChI=1S/C71H143N2O6P/c1-6-8-10-12-14-16-18-20-22-24-26-27-28-29-30-31-32-33-34-35-36-37-38-39-40-41-42-43-44-45-47-49-51-53-55-57-59-61-63-65-71(75)72-69(68-79-80(76,77)78-67-66-73(3,4)5)70(74)64-62-60-58-56-54-52-50-48-46-25-23-21-19-17-15-13-11-9-7-2/h35-36,69-70,74H,6-34,37-68H2,1-5H3,(H-,72,75,76,77)/p+1/b36-35-. The molecule has 3 N–H and O–H groups in total. The van der Waals surface area contributed by atoms with E-state index in [0.717, 1.165) is 38.5 Å². The van der Waals surface area contributed by atoms with Crippen molar-refractivity contribution in [2.45, 2.75) is 398 Å². The number of quaternary nitrogens is 1. The van der Waals surface area contributed by atoms with E-state index in [9.17, 15) is 19.4 Å². The number of unbranched alkanes of at least 4 members (excludes halogenated alkanes) is 53. The molecule has 3 atom stereocenters. The minimum Gasteiger partial charge on any atom is -0.391 e. The van der Waals surface area contributed by atoms with Gasteiger partial charge in [-0.05, 0) is 38.5 Å². The lowest BCUT2D eigenvalue weighted by molar-refractivity contribution is -0.870. The fraction of sp³-hybridized carbons (Fsp3) is 0.958. The monoisotopic (exact) mass is 1150 g/mol. The Kier molecular flexibility index (Phi) is 62.2. The number of aliphatic hydroxyl groups is 1. The molecular formula is C71H144N2O6P+. The normalized spacial score (nSPS) is 13.6. The Hall–Kier alpha value is -0.760. The molecule has 80 heavy (non-hydrogen) atoms. The van der Waals surface area contributed by atoms with Crippen molar-refractivity contribution < 1.29 is 32.9 Å². The Morgan fingerprint density at radius 1 is 0.412 bits per heavy atom. The van der Waals surface area contributed by atoms with Gasteiger partial charge in [-0.15, -0.1) is 0 Å². The maximum absolute atomic E-state index is 13.1. The molecule has 0 fully saturated rings. The minimum absolute atomic E-state index is 0.0781. The molecule has 0 rings (SSSR count). The second-order valence-corrected chi connectivity index (χ2v) is 27.8. The van der Waals surface area contributed by atoms with Gasteiger partial charge in [-0.25, -0.2) is 4.57 Å². The summed E-state index contributed by atoms with van der Waals surface area (Å²) in [7, 11) is 1.64. The van der Waals surface area contributed by atoms with Crippen molar-refractivity contribution in [2.24, 2.45) is 0 Å². The van der Waals surface area contributed by atoms with E-state index in [2.05, 4.69) is 31.3 Å². The molecule has 1 amide bonds. The summed E-state index contributed by atoms with van der Waals surface area (Å²) in [5.41, 5.74) is 0. The molecule has 478 valence electrons. The van der Waals surface area contributed by atoms with Gasteiger partial charge in [0.2, 0.25) is 5.91 Å². The van der Waals surface area contributed by atoms with Crippen LogP contribution in [0.3, 0.4) is 0 Å². The van der Waals surface area contributed by atoms with Gasteiger partial charge in [-0.3, -0.25) is 13.8 Å².